The van der Waals surface area contributed by atoms with Crippen molar-refractivity contribution in [2.45, 2.75) is 38.1 Å². The summed E-state index contributed by atoms with van der Waals surface area (Å²) in [6.45, 7) is 9.51. The molecule has 0 bridgehead atoms. The number of hydrogen-bond donors (Lipinski definition) is 1. The van der Waals surface area contributed by atoms with Crippen LogP contribution in [-0.4, -0.2) is 76.8 Å². The number of nitrogens with zero attached hydrogens (tertiary/aromatic N) is 1. The Morgan fingerprint density at radius 2 is 1.55 bits per heavy atom. The van der Waals surface area contributed by atoms with Crippen molar-refractivity contribution in [2.24, 2.45) is 0 Å². The number of morpholine rings is 1. The zero-order valence-corrected chi connectivity index (χ0v) is 28.7. The maximum Gasteiger partial charge on any atom is 0.120 e. The van der Waals surface area contributed by atoms with E-state index in [0.29, 0.717) is 39.0 Å². The summed E-state index contributed by atoms with van der Waals surface area (Å²) in [7, 11) is 0. The van der Waals surface area contributed by atoms with E-state index in [1.165, 1.54) is 27.5 Å². The second-order valence-corrected chi connectivity index (χ2v) is 11.9. The molecule has 2 fully saturated rings. The lowest BCUT2D eigenvalue weighted by molar-refractivity contribution is 0.0111. The van der Waals surface area contributed by atoms with Gasteiger partial charge in [0, 0.05) is 38.5 Å². The normalized spacial score (nSPS) is 18.2. The van der Waals surface area contributed by atoms with Crippen molar-refractivity contribution in [3.8, 4) is 11.5 Å². The fourth-order valence-corrected chi connectivity index (χ4v) is 6.16. The lowest BCUT2D eigenvalue weighted by atomic mass is 9.87. The SMILES string of the molecule is Cl.Cl.c1ccc(COCCCOc2ccc(C3CCNCC3OCc3cccc4ccc(OCCN5CCOCC5)cc34)cc2)cc1. The summed E-state index contributed by atoms with van der Waals surface area (Å²) in [5, 5.41) is 5.93. The van der Waals surface area contributed by atoms with Gasteiger partial charge in [-0.15, -0.1) is 24.8 Å². The molecule has 2 saturated heterocycles. The van der Waals surface area contributed by atoms with Gasteiger partial charge in [-0.05, 0) is 64.7 Å². The van der Waals surface area contributed by atoms with Crippen molar-refractivity contribution < 1.29 is 23.7 Å². The van der Waals surface area contributed by atoms with Gasteiger partial charge in [0.25, 0.3) is 0 Å². The summed E-state index contributed by atoms with van der Waals surface area (Å²) in [4.78, 5) is 2.39. The topological polar surface area (TPSA) is 61.4 Å². The number of nitrogens with one attached hydrogen (secondary N) is 1. The highest BCUT2D eigenvalue weighted by atomic mass is 35.5. The molecule has 7 nitrogen and oxygen atoms in total. The minimum atomic E-state index is 0. The van der Waals surface area contributed by atoms with Crippen LogP contribution in [0.25, 0.3) is 10.8 Å². The fraction of sp³-hybridized carbons (Fsp3) is 0.421. The smallest absolute Gasteiger partial charge is 0.120 e. The number of piperidine rings is 1. The molecule has 254 valence electrons. The van der Waals surface area contributed by atoms with Crippen molar-refractivity contribution in [2.75, 3.05) is 65.8 Å². The van der Waals surface area contributed by atoms with E-state index in [-0.39, 0.29) is 30.9 Å². The molecule has 2 heterocycles. The van der Waals surface area contributed by atoms with Crippen LogP contribution < -0.4 is 14.8 Å². The Balaban J connectivity index is 0.00000250. The number of halogens is 2. The van der Waals surface area contributed by atoms with Crippen molar-refractivity contribution in [3.05, 3.63) is 108 Å². The molecular formula is C38H48Cl2N2O5. The van der Waals surface area contributed by atoms with Crippen LogP contribution in [0.5, 0.6) is 11.5 Å². The Morgan fingerprint density at radius 3 is 2.38 bits per heavy atom. The molecule has 0 radical (unpaired) electrons. The Bertz CT molecular complexity index is 1450. The highest BCUT2D eigenvalue weighted by Gasteiger charge is 2.27. The summed E-state index contributed by atoms with van der Waals surface area (Å²) >= 11 is 0. The molecule has 1 N–H and O–H groups in total. The van der Waals surface area contributed by atoms with E-state index < -0.39 is 0 Å². The lowest BCUT2D eigenvalue weighted by Gasteiger charge is -2.32. The van der Waals surface area contributed by atoms with Crippen molar-refractivity contribution in [1.82, 2.24) is 10.2 Å². The molecule has 9 heteroatoms. The van der Waals surface area contributed by atoms with Crippen LogP contribution in [0.4, 0.5) is 0 Å². The standard InChI is InChI=1S/C38H46N2O5.2ClH/c1-2-6-30(7-3-1)28-42-21-5-22-43-34-13-10-32(11-14-34)36-16-17-39-27-38(36)45-29-33-9-4-8-31-12-15-35(26-37(31)33)44-25-20-40-18-23-41-24-19-40;;/h1-4,6-15,26,36,38-39H,5,16-25,27-29H2;2*1H. The molecule has 0 aromatic heterocycles. The number of fused-ring (bicyclic) bond motifs is 1. The van der Waals surface area contributed by atoms with Gasteiger partial charge < -0.3 is 29.0 Å². The third-order valence-corrected chi connectivity index (χ3v) is 8.72. The zero-order chi connectivity index (χ0) is 30.5. The maximum atomic E-state index is 6.64. The summed E-state index contributed by atoms with van der Waals surface area (Å²) in [5.41, 5.74) is 3.68. The van der Waals surface area contributed by atoms with E-state index in [4.69, 9.17) is 23.7 Å². The zero-order valence-electron chi connectivity index (χ0n) is 27.0. The number of benzene rings is 4. The van der Waals surface area contributed by atoms with Crippen molar-refractivity contribution >= 4 is 35.6 Å². The van der Waals surface area contributed by atoms with Gasteiger partial charge >= 0.3 is 0 Å². The van der Waals surface area contributed by atoms with Crippen LogP contribution in [0.1, 0.15) is 35.4 Å². The molecule has 47 heavy (non-hydrogen) atoms. The second kappa shape index (κ2) is 19.8. The minimum absolute atomic E-state index is 0. The van der Waals surface area contributed by atoms with Gasteiger partial charge in [-0.3, -0.25) is 4.90 Å². The summed E-state index contributed by atoms with van der Waals surface area (Å²) in [5.74, 6) is 2.13. The van der Waals surface area contributed by atoms with Gasteiger partial charge in [0.1, 0.15) is 18.1 Å². The largest absolute Gasteiger partial charge is 0.494 e. The third kappa shape index (κ3) is 11.1. The average Bonchev–Trinajstić information content (AvgIpc) is 3.10. The highest BCUT2D eigenvalue weighted by molar-refractivity contribution is 5.87. The van der Waals surface area contributed by atoms with E-state index >= 15 is 0 Å². The Hall–Kier alpha value is -2.88. The lowest BCUT2D eigenvalue weighted by Crippen LogP contribution is -2.40. The molecule has 4 aromatic rings. The number of ether oxygens (including phenoxy) is 5. The molecule has 2 atom stereocenters. The van der Waals surface area contributed by atoms with Crippen molar-refractivity contribution in [1.29, 1.82) is 0 Å². The summed E-state index contributed by atoms with van der Waals surface area (Å²) < 4.78 is 30.0. The minimum Gasteiger partial charge on any atom is -0.494 e. The van der Waals surface area contributed by atoms with E-state index in [1.807, 2.05) is 18.2 Å². The van der Waals surface area contributed by atoms with E-state index in [1.54, 1.807) is 0 Å². The van der Waals surface area contributed by atoms with Gasteiger partial charge in [0.05, 0.1) is 45.7 Å². The van der Waals surface area contributed by atoms with Crippen LogP contribution in [0, 0.1) is 0 Å². The Morgan fingerprint density at radius 1 is 0.766 bits per heavy atom. The van der Waals surface area contributed by atoms with Gasteiger partial charge in [-0.1, -0.05) is 66.7 Å². The van der Waals surface area contributed by atoms with Crippen molar-refractivity contribution in [3.63, 3.8) is 0 Å². The van der Waals surface area contributed by atoms with Crippen LogP contribution in [0.15, 0.2) is 91.0 Å². The molecule has 4 aromatic carbocycles. The van der Waals surface area contributed by atoms with Crippen LogP contribution >= 0.6 is 24.8 Å². The third-order valence-electron chi connectivity index (χ3n) is 8.72. The number of hydrogen-bond acceptors (Lipinski definition) is 7. The van der Waals surface area contributed by atoms with Crippen LogP contribution in [0.2, 0.25) is 0 Å². The molecule has 0 spiro atoms. The van der Waals surface area contributed by atoms with E-state index in [9.17, 15) is 0 Å². The maximum absolute atomic E-state index is 6.64. The highest BCUT2D eigenvalue weighted by Crippen LogP contribution is 2.31. The van der Waals surface area contributed by atoms with E-state index in [0.717, 1.165) is 70.3 Å². The van der Waals surface area contributed by atoms with E-state index in [2.05, 4.69) is 83.0 Å². The molecule has 6 rings (SSSR count). The predicted octanol–water partition coefficient (Wildman–Crippen LogP) is 7.04. The summed E-state index contributed by atoms with van der Waals surface area (Å²) in [6, 6.07) is 31.7. The summed E-state index contributed by atoms with van der Waals surface area (Å²) in [6.07, 6.45) is 1.99. The second-order valence-electron chi connectivity index (χ2n) is 11.9. The fourth-order valence-electron chi connectivity index (χ4n) is 6.16. The molecular weight excluding hydrogens is 635 g/mol. The molecule has 0 aliphatic carbocycles. The van der Waals surface area contributed by atoms with Crippen LogP contribution in [-0.2, 0) is 27.4 Å². The molecule has 2 aliphatic rings. The molecule has 2 aliphatic heterocycles. The van der Waals surface area contributed by atoms with Gasteiger partial charge in [0.2, 0.25) is 0 Å². The number of rotatable bonds is 15. The monoisotopic (exact) mass is 682 g/mol. The quantitative estimate of drug-likeness (QED) is 0.135. The van der Waals surface area contributed by atoms with Crippen LogP contribution in [0.3, 0.4) is 0 Å². The molecule has 0 saturated carbocycles. The first-order valence-electron chi connectivity index (χ1n) is 16.4. The van der Waals surface area contributed by atoms with Gasteiger partial charge in [0.15, 0.2) is 0 Å². The van der Waals surface area contributed by atoms with Gasteiger partial charge in [-0.25, -0.2) is 0 Å². The first-order valence-corrected chi connectivity index (χ1v) is 16.4. The predicted molar refractivity (Wildman–Crippen MR) is 193 cm³/mol. The Kier molecular flexibility index (Phi) is 15.6. The first-order chi connectivity index (χ1) is 22.3. The Labute approximate surface area is 291 Å². The van der Waals surface area contributed by atoms with Gasteiger partial charge in [-0.2, -0.15) is 0 Å². The molecule has 2 unspecified atom stereocenters. The average molecular weight is 684 g/mol. The molecule has 0 amide bonds. The first kappa shape index (κ1) is 36.9.